The lowest BCUT2D eigenvalue weighted by Gasteiger charge is -2.17. The topological polar surface area (TPSA) is 68.5 Å². The molecule has 150 valence electrons. The number of benzene rings is 2. The van der Waals surface area contributed by atoms with Crippen molar-refractivity contribution in [2.45, 2.75) is 32.1 Å². The number of carbonyl (C=O) groups excluding carboxylic acids is 1. The van der Waals surface area contributed by atoms with Crippen LogP contribution in [0.15, 0.2) is 53.1 Å². The largest absolute Gasteiger partial charge is 0.494 e. The zero-order valence-corrected chi connectivity index (χ0v) is 16.9. The van der Waals surface area contributed by atoms with Crippen LogP contribution < -0.4 is 9.64 Å². The van der Waals surface area contributed by atoms with Crippen LogP contribution in [0.5, 0.6) is 5.75 Å². The first-order valence-electron chi connectivity index (χ1n) is 9.77. The molecule has 0 N–H and O–H groups in total. The third kappa shape index (κ3) is 4.27. The lowest BCUT2D eigenvalue weighted by molar-refractivity contribution is -0.117. The van der Waals surface area contributed by atoms with Gasteiger partial charge in [-0.15, -0.1) is 0 Å². The van der Waals surface area contributed by atoms with E-state index in [0.29, 0.717) is 42.0 Å². The van der Waals surface area contributed by atoms with Gasteiger partial charge in [0.25, 0.3) is 5.89 Å². The molecule has 1 saturated heterocycles. The van der Waals surface area contributed by atoms with Gasteiger partial charge in [-0.25, -0.2) is 0 Å². The number of halogens is 1. The Kier molecular flexibility index (Phi) is 5.81. The molecule has 0 radical (unpaired) electrons. The smallest absolute Gasteiger partial charge is 0.257 e. The minimum Gasteiger partial charge on any atom is -0.494 e. The first-order valence-corrected chi connectivity index (χ1v) is 10.1. The van der Waals surface area contributed by atoms with Gasteiger partial charge >= 0.3 is 0 Å². The van der Waals surface area contributed by atoms with Crippen molar-refractivity contribution in [3.8, 4) is 17.2 Å². The number of unbranched alkanes of at least 4 members (excludes halogenated alkanes) is 1. The molecule has 1 amide bonds. The number of ether oxygens (including phenoxy) is 1. The van der Waals surface area contributed by atoms with Gasteiger partial charge in [-0.2, -0.15) is 4.98 Å². The second kappa shape index (κ2) is 8.66. The number of anilines is 1. The summed E-state index contributed by atoms with van der Waals surface area (Å²) in [6.45, 7) is 3.31. The van der Waals surface area contributed by atoms with E-state index in [4.69, 9.17) is 20.9 Å². The number of aromatic nitrogens is 2. The molecule has 6 nitrogen and oxygen atoms in total. The van der Waals surface area contributed by atoms with Gasteiger partial charge in [0, 0.05) is 24.4 Å². The number of nitrogens with zero attached hydrogens (tertiary/aromatic N) is 3. The highest BCUT2D eigenvalue weighted by atomic mass is 35.5. The minimum absolute atomic E-state index is 0.00281. The highest BCUT2D eigenvalue weighted by Gasteiger charge is 2.35. The molecule has 1 aliphatic heterocycles. The van der Waals surface area contributed by atoms with Crippen molar-refractivity contribution in [1.82, 2.24) is 10.1 Å². The van der Waals surface area contributed by atoms with Crippen molar-refractivity contribution in [3.63, 3.8) is 0 Å². The van der Waals surface area contributed by atoms with Crippen molar-refractivity contribution in [2.75, 3.05) is 18.1 Å². The van der Waals surface area contributed by atoms with E-state index in [1.807, 2.05) is 42.5 Å². The maximum atomic E-state index is 12.5. The molecule has 0 saturated carbocycles. The molecule has 29 heavy (non-hydrogen) atoms. The van der Waals surface area contributed by atoms with E-state index in [1.54, 1.807) is 11.0 Å². The molecule has 1 atom stereocenters. The Hall–Kier alpha value is -2.86. The maximum Gasteiger partial charge on any atom is 0.257 e. The van der Waals surface area contributed by atoms with Crippen molar-refractivity contribution < 1.29 is 14.1 Å². The third-order valence-electron chi connectivity index (χ3n) is 4.94. The number of rotatable bonds is 7. The molecular formula is C22H22ClN3O3. The standard InChI is InChI=1S/C22H22ClN3O3/c1-2-3-12-28-17-10-8-15(9-11-17)22-24-21(25-29-22)16-13-20(27)26(14-16)19-7-5-4-6-18(19)23/h4-11,16H,2-3,12-14H2,1H3. The van der Waals surface area contributed by atoms with E-state index in [-0.39, 0.29) is 11.8 Å². The average molecular weight is 412 g/mol. The molecule has 7 heteroatoms. The number of para-hydroxylation sites is 1. The molecule has 0 spiro atoms. The normalized spacial score (nSPS) is 16.4. The van der Waals surface area contributed by atoms with Crippen molar-refractivity contribution in [3.05, 3.63) is 59.4 Å². The summed E-state index contributed by atoms with van der Waals surface area (Å²) in [4.78, 5) is 18.7. The van der Waals surface area contributed by atoms with E-state index in [9.17, 15) is 4.79 Å². The summed E-state index contributed by atoms with van der Waals surface area (Å²) in [6.07, 6.45) is 2.45. The van der Waals surface area contributed by atoms with Crippen molar-refractivity contribution >= 4 is 23.2 Å². The molecule has 1 unspecified atom stereocenters. The monoisotopic (exact) mass is 411 g/mol. The number of carbonyl (C=O) groups is 1. The van der Waals surface area contributed by atoms with E-state index < -0.39 is 0 Å². The number of amides is 1. The summed E-state index contributed by atoms with van der Waals surface area (Å²) in [5.74, 6) is 1.66. The molecular weight excluding hydrogens is 390 g/mol. The number of hydrogen-bond acceptors (Lipinski definition) is 5. The summed E-state index contributed by atoms with van der Waals surface area (Å²) in [5, 5.41) is 4.67. The lowest BCUT2D eigenvalue weighted by Crippen LogP contribution is -2.24. The molecule has 2 heterocycles. The van der Waals surface area contributed by atoms with Crippen LogP contribution in [-0.4, -0.2) is 29.2 Å². The van der Waals surface area contributed by atoms with Gasteiger partial charge in [-0.3, -0.25) is 4.79 Å². The fourth-order valence-corrected chi connectivity index (χ4v) is 3.57. The first-order chi connectivity index (χ1) is 14.2. The Balaban J connectivity index is 1.45. The fraction of sp³-hybridized carbons (Fsp3) is 0.318. The van der Waals surface area contributed by atoms with E-state index in [0.717, 1.165) is 24.2 Å². The maximum absolute atomic E-state index is 12.5. The van der Waals surface area contributed by atoms with Crippen LogP contribution in [0.4, 0.5) is 5.69 Å². The van der Waals surface area contributed by atoms with Gasteiger partial charge in [0.2, 0.25) is 5.91 Å². The summed E-state index contributed by atoms with van der Waals surface area (Å²) in [6, 6.07) is 14.9. The molecule has 3 aromatic rings. The van der Waals surface area contributed by atoms with Crippen LogP contribution in [0.25, 0.3) is 11.5 Å². The predicted molar refractivity (Wildman–Crippen MR) is 111 cm³/mol. The van der Waals surface area contributed by atoms with Crippen molar-refractivity contribution in [2.24, 2.45) is 0 Å². The van der Waals surface area contributed by atoms with Gasteiger partial charge in [0.15, 0.2) is 5.82 Å². The van der Waals surface area contributed by atoms with E-state index in [2.05, 4.69) is 17.1 Å². The Morgan fingerprint density at radius 2 is 2.00 bits per heavy atom. The first kappa shape index (κ1) is 19.5. The zero-order chi connectivity index (χ0) is 20.2. The van der Waals surface area contributed by atoms with Gasteiger partial charge in [0.05, 0.1) is 17.3 Å². The molecule has 1 fully saturated rings. The third-order valence-corrected chi connectivity index (χ3v) is 5.26. The second-order valence-corrected chi connectivity index (χ2v) is 7.45. The van der Waals surface area contributed by atoms with Gasteiger partial charge < -0.3 is 14.2 Å². The minimum atomic E-state index is -0.132. The summed E-state index contributed by atoms with van der Waals surface area (Å²) in [7, 11) is 0. The summed E-state index contributed by atoms with van der Waals surface area (Å²) >= 11 is 6.25. The summed E-state index contributed by atoms with van der Waals surface area (Å²) < 4.78 is 11.1. The Morgan fingerprint density at radius 3 is 2.76 bits per heavy atom. The second-order valence-electron chi connectivity index (χ2n) is 7.04. The van der Waals surface area contributed by atoms with E-state index in [1.165, 1.54) is 0 Å². The van der Waals surface area contributed by atoms with Gasteiger partial charge in [0.1, 0.15) is 5.75 Å². The number of hydrogen-bond donors (Lipinski definition) is 0. The van der Waals surface area contributed by atoms with Crippen LogP contribution in [0.3, 0.4) is 0 Å². The molecule has 2 aromatic carbocycles. The Morgan fingerprint density at radius 1 is 1.21 bits per heavy atom. The predicted octanol–water partition coefficient (Wildman–Crippen LogP) is 5.09. The Labute approximate surface area is 174 Å². The zero-order valence-electron chi connectivity index (χ0n) is 16.2. The fourth-order valence-electron chi connectivity index (χ4n) is 3.33. The molecule has 1 aliphatic rings. The molecule has 4 rings (SSSR count). The SMILES string of the molecule is CCCCOc1ccc(-c2nc(C3CC(=O)N(c4ccccc4Cl)C3)no2)cc1. The molecule has 0 aliphatic carbocycles. The van der Waals surface area contributed by atoms with Crippen LogP contribution in [0.1, 0.15) is 37.9 Å². The highest BCUT2D eigenvalue weighted by molar-refractivity contribution is 6.33. The molecule has 0 bridgehead atoms. The van der Waals surface area contributed by atoms with Crippen LogP contribution in [-0.2, 0) is 4.79 Å². The van der Waals surface area contributed by atoms with Gasteiger partial charge in [-0.05, 0) is 42.8 Å². The average Bonchev–Trinajstić information content (AvgIpc) is 3.36. The van der Waals surface area contributed by atoms with Crippen molar-refractivity contribution in [1.29, 1.82) is 0 Å². The van der Waals surface area contributed by atoms with Gasteiger partial charge in [-0.1, -0.05) is 42.2 Å². The van der Waals surface area contributed by atoms with Crippen LogP contribution >= 0.6 is 11.6 Å². The summed E-state index contributed by atoms with van der Waals surface area (Å²) in [5.41, 5.74) is 1.53. The van der Waals surface area contributed by atoms with E-state index >= 15 is 0 Å². The highest BCUT2D eigenvalue weighted by Crippen LogP contribution is 2.34. The van der Waals surface area contributed by atoms with Crippen LogP contribution in [0.2, 0.25) is 5.02 Å². The lowest BCUT2D eigenvalue weighted by atomic mass is 10.1. The molecule has 1 aromatic heterocycles. The van der Waals surface area contributed by atoms with Crippen LogP contribution in [0, 0.1) is 0 Å². The Bertz CT molecular complexity index is 987. The quantitative estimate of drug-likeness (QED) is 0.506.